The van der Waals surface area contributed by atoms with Crippen LogP contribution in [0.2, 0.25) is 0 Å². The highest BCUT2D eigenvalue weighted by atomic mass is 14.8. The van der Waals surface area contributed by atoms with Gasteiger partial charge < -0.3 is 5.73 Å². The average molecular weight is 172 g/mol. The maximum atomic E-state index is 5.76. The van der Waals surface area contributed by atoms with E-state index < -0.39 is 0 Å². The fourth-order valence-corrected chi connectivity index (χ4v) is 1.47. The van der Waals surface area contributed by atoms with E-state index in [1.54, 1.807) is 6.20 Å². The molecule has 0 aliphatic rings. The molecule has 0 amide bonds. The van der Waals surface area contributed by atoms with Gasteiger partial charge in [-0.15, -0.1) is 0 Å². The highest BCUT2D eigenvalue weighted by Gasteiger charge is 2.00. The lowest BCUT2D eigenvalue weighted by atomic mass is 10.0. The zero-order valence-corrected chi connectivity index (χ0v) is 7.83. The Hall–Kier alpha value is -1.57. The van der Waals surface area contributed by atoms with Gasteiger partial charge in [0.25, 0.3) is 0 Å². The van der Waals surface area contributed by atoms with Crippen LogP contribution < -0.4 is 5.73 Å². The summed E-state index contributed by atoms with van der Waals surface area (Å²) in [7, 11) is 0. The second kappa shape index (κ2) is 2.73. The normalized spacial score (nSPS) is 10.6. The van der Waals surface area contributed by atoms with E-state index in [0.29, 0.717) is 5.82 Å². The number of hydrogen-bond acceptors (Lipinski definition) is 2. The number of nitrogens with two attached hydrogens (primary N) is 1. The summed E-state index contributed by atoms with van der Waals surface area (Å²) in [5.74, 6) is 0.612. The maximum absolute atomic E-state index is 5.76. The largest absolute Gasteiger partial charge is 0.383 e. The molecular formula is C11H12N2. The Morgan fingerprint density at radius 3 is 2.62 bits per heavy atom. The molecule has 2 nitrogen and oxygen atoms in total. The van der Waals surface area contributed by atoms with Gasteiger partial charge >= 0.3 is 0 Å². The Balaban J connectivity index is 2.89. The molecule has 0 atom stereocenters. The maximum Gasteiger partial charge on any atom is 0.131 e. The van der Waals surface area contributed by atoms with Crippen LogP contribution in [0, 0.1) is 13.8 Å². The second-order valence-corrected chi connectivity index (χ2v) is 3.35. The predicted molar refractivity (Wildman–Crippen MR) is 55.6 cm³/mol. The first kappa shape index (κ1) is 8.05. The minimum absolute atomic E-state index is 0.612. The number of aromatic nitrogens is 1. The van der Waals surface area contributed by atoms with Crippen molar-refractivity contribution in [1.29, 1.82) is 0 Å². The van der Waals surface area contributed by atoms with Gasteiger partial charge in [-0.3, -0.25) is 0 Å². The molecule has 1 aromatic heterocycles. The Morgan fingerprint density at radius 2 is 1.85 bits per heavy atom. The predicted octanol–water partition coefficient (Wildman–Crippen LogP) is 2.43. The Kier molecular flexibility index (Phi) is 1.69. The summed E-state index contributed by atoms with van der Waals surface area (Å²) in [5, 5.41) is 2.21. The van der Waals surface area contributed by atoms with Crippen molar-refractivity contribution in [3.05, 3.63) is 35.5 Å². The van der Waals surface area contributed by atoms with E-state index in [-0.39, 0.29) is 0 Å². The summed E-state index contributed by atoms with van der Waals surface area (Å²) in [6, 6.07) is 6.22. The van der Waals surface area contributed by atoms with Crippen molar-refractivity contribution in [1.82, 2.24) is 4.98 Å². The lowest BCUT2D eigenvalue weighted by Gasteiger charge is -2.04. The molecule has 1 aromatic carbocycles. The van der Waals surface area contributed by atoms with Gasteiger partial charge in [0.2, 0.25) is 0 Å². The molecule has 0 fully saturated rings. The molecule has 0 unspecified atom stereocenters. The van der Waals surface area contributed by atoms with E-state index in [1.807, 2.05) is 6.07 Å². The molecular weight excluding hydrogens is 160 g/mol. The van der Waals surface area contributed by atoms with E-state index in [2.05, 4.69) is 31.0 Å². The van der Waals surface area contributed by atoms with Crippen LogP contribution in [0.15, 0.2) is 24.4 Å². The van der Waals surface area contributed by atoms with Gasteiger partial charge in [-0.1, -0.05) is 6.07 Å². The van der Waals surface area contributed by atoms with Crippen molar-refractivity contribution >= 4 is 16.6 Å². The summed E-state index contributed by atoms with van der Waals surface area (Å²) in [6.45, 7) is 4.19. The lowest BCUT2D eigenvalue weighted by molar-refractivity contribution is 1.33. The summed E-state index contributed by atoms with van der Waals surface area (Å²) in [5.41, 5.74) is 8.31. The molecule has 2 N–H and O–H groups in total. The lowest BCUT2D eigenvalue weighted by Crippen LogP contribution is -1.92. The smallest absolute Gasteiger partial charge is 0.131 e. The van der Waals surface area contributed by atoms with E-state index in [9.17, 15) is 0 Å². The monoisotopic (exact) mass is 172 g/mol. The highest BCUT2D eigenvalue weighted by Crippen LogP contribution is 2.22. The number of pyridine rings is 1. The number of benzene rings is 1. The molecule has 66 valence electrons. The Morgan fingerprint density at radius 1 is 1.15 bits per heavy atom. The number of rotatable bonds is 0. The van der Waals surface area contributed by atoms with Gasteiger partial charge in [0.15, 0.2) is 0 Å². The first-order valence-electron chi connectivity index (χ1n) is 4.30. The van der Waals surface area contributed by atoms with Crippen molar-refractivity contribution in [2.45, 2.75) is 13.8 Å². The minimum atomic E-state index is 0.612. The molecule has 0 aliphatic heterocycles. The molecule has 2 rings (SSSR count). The summed E-state index contributed by atoms with van der Waals surface area (Å²) in [6.07, 6.45) is 1.74. The summed E-state index contributed by atoms with van der Waals surface area (Å²) < 4.78 is 0. The van der Waals surface area contributed by atoms with Crippen LogP contribution >= 0.6 is 0 Å². The van der Waals surface area contributed by atoms with Gasteiger partial charge in [-0.05, 0) is 42.5 Å². The first-order chi connectivity index (χ1) is 6.18. The van der Waals surface area contributed by atoms with Crippen LogP contribution in [-0.4, -0.2) is 4.98 Å². The van der Waals surface area contributed by atoms with Crippen molar-refractivity contribution in [3.8, 4) is 0 Å². The molecule has 0 radical (unpaired) electrons. The van der Waals surface area contributed by atoms with Crippen LogP contribution in [0.4, 0.5) is 5.82 Å². The van der Waals surface area contributed by atoms with Crippen molar-refractivity contribution in [3.63, 3.8) is 0 Å². The van der Waals surface area contributed by atoms with Crippen molar-refractivity contribution in [2.75, 3.05) is 5.73 Å². The topological polar surface area (TPSA) is 38.9 Å². The Bertz CT molecular complexity index is 461. The summed E-state index contributed by atoms with van der Waals surface area (Å²) >= 11 is 0. The fraction of sp³-hybridized carbons (Fsp3) is 0.182. The van der Waals surface area contributed by atoms with Crippen molar-refractivity contribution in [2.24, 2.45) is 0 Å². The van der Waals surface area contributed by atoms with Crippen LogP contribution in [0.25, 0.3) is 10.8 Å². The van der Waals surface area contributed by atoms with Gasteiger partial charge in [0.05, 0.1) is 0 Å². The quantitative estimate of drug-likeness (QED) is 0.662. The Labute approximate surface area is 77.4 Å². The van der Waals surface area contributed by atoms with Crippen molar-refractivity contribution < 1.29 is 0 Å². The number of hydrogen-bond donors (Lipinski definition) is 1. The molecule has 2 aromatic rings. The number of fused-ring (bicyclic) bond motifs is 1. The van der Waals surface area contributed by atoms with E-state index in [0.717, 1.165) is 10.8 Å². The molecule has 0 saturated carbocycles. The third-order valence-corrected chi connectivity index (χ3v) is 2.41. The third kappa shape index (κ3) is 1.24. The molecule has 0 aliphatic carbocycles. The average Bonchev–Trinajstić information content (AvgIpc) is 2.09. The van der Waals surface area contributed by atoms with Crippen LogP contribution in [0.1, 0.15) is 11.1 Å². The highest BCUT2D eigenvalue weighted by molar-refractivity contribution is 5.91. The fourth-order valence-electron chi connectivity index (χ4n) is 1.47. The van der Waals surface area contributed by atoms with E-state index >= 15 is 0 Å². The van der Waals surface area contributed by atoms with Crippen LogP contribution in [0.3, 0.4) is 0 Å². The minimum Gasteiger partial charge on any atom is -0.383 e. The molecule has 0 spiro atoms. The van der Waals surface area contributed by atoms with E-state index in [1.165, 1.54) is 11.1 Å². The third-order valence-electron chi connectivity index (χ3n) is 2.41. The van der Waals surface area contributed by atoms with Gasteiger partial charge in [-0.2, -0.15) is 0 Å². The van der Waals surface area contributed by atoms with Gasteiger partial charge in [-0.25, -0.2) is 4.98 Å². The summed E-state index contributed by atoms with van der Waals surface area (Å²) in [4.78, 5) is 4.06. The number of nitrogen functional groups attached to an aromatic ring is 1. The molecule has 2 heteroatoms. The number of aryl methyl sites for hydroxylation is 2. The van der Waals surface area contributed by atoms with Crippen LogP contribution in [-0.2, 0) is 0 Å². The second-order valence-electron chi connectivity index (χ2n) is 3.35. The first-order valence-corrected chi connectivity index (χ1v) is 4.30. The van der Waals surface area contributed by atoms with E-state index in [4.69, 9.17) is 5.73 Å². The molecule has 0 bridgehead atoms. The standard InChI is InChI=1S/C11H12N2/c1-7-5-9-3-4-13-11(12)10(9)6-8(7)2/h3-6H,1-2H3,(H2,12,13). The van der Waals surface area contributed by atoms with Gasteiger partial charge in [0.1, 0.15) is 5.82 Å². The van der Waals surface area contributed by atoms with Gasteiger partial charge in [0, 0.05) is 11.6 Å². The zero-order valence-electron chi connectivity index (χ0n) is 7.83. The number of anilines is 1. The molecule has 0 saturated heterocycles. The van der Waals surface area contributed by atoms with Crippen LogP contribution in [0.5, 0.6) is 0 Å². The zero-order chi connectivity index (χ0) is 9.42. The number of nitrogens with zero attached hydrogens (tertiary/aromatic N) is 1. The molecule has 13 heavy (non-hydrogen) atoms. The SMILES string of the molecule is Cc1cc2ccnc(N)c2cc1C. The molecule has 1 heterocycles.